The largest absolute Gasteiger partial charge is 0.164 e. The molecule has 0 nitrogen and oxygen atoms in total. The summed E-state index contributed by atoms with van der Waals surface area (Å²) in [5.41, 5.74) is 4.08. The minimum Gasteiger partial charge on any atom is -0.164 e. The van der Waals surface area contributed by atoms with Crippen LogP contribution in [0, 0.1) is 0 Å². The van der Waals surface area contributed by atoms with Crippen molar-refractivity contribution in [1.29, 1.82) is 0 Å². The summed E-state index contributed by atoms with van der Waals surface area (Å²) < 4.78 is 0. The third-order valence-electron chi connectivity index (χ3n) is 4.52. The average molecular weight is 448 g/mol. The van der Waals surface area contributed by atoms with Gasteiger partial charge in [-0.3, -0.25) is 0 Å². The fraction of sp³-hybridized carbons (Fsp3) is 0.136. The molecule has 0 saturated carbocycles. The smallest absolute Gasteiger partial charge is 0 e. The van der Waals surface area contributed by atoms with Crippen LogP contribution >= 0.6 is 24.8 Å². The Kier molecular flexibility index (Phi) is 8.01. The number of fused-ring (bicyclic) bond motifs is 2. The van der Waals surface area contributed by atoms with Gasteiger partial charge in [0.25, 0.3) is 0 Å². The van der Waals surface area contributed by atoms with E-state index in [4.69, 9.17) is 0 Å². The summed E-state index contributed by atoms with van der Waals surface area (Å²) >= 11 is 0. The quantitative estimate of drug-likeness (QED) is 0.282. The molecule has 25 heavy (non-hydrogen) atoms. The molecule has 3 heteroatoms. The first-order valence-corrected chi connectivity index (χ1v) is 7.91. The van der Waals surface area contributed by atoms with Crippen molar-refractivity contribution < 1.29 is 26.2 Å². The second-order valence-electron chi connectivity index (χ2n) is 6.28. The van der Waals surface area contributed by atoms with Crippen molar-refractivity contribution in [3.8, 4) is 11.1 Å². The zero-order chi connectivity index (χ0) is 15.1. The summed E-state index contributed by atoms with van der Waals surface area (Å²) in [6, 6.07) is 26.5. The summed E-state index contributed by atoms with van der Waals surface area (Å²) in [6.07, 6.45) is 0. The molecule has 0 aliphatic heterocycles. The molecule has 128 valence electrons. The predicted octanol–water partition coefficient (Wildman–Crippen LogP) is 7.34. The molecule has 4 aromatic rings. The van der Waals surface area contributed by atoms with Crippen LogP contribution in [0.5, 0.6) is 0 Å². The monoisotopic (exact) mass is 445 g/mol. The predicted molar refractivity (Wildman–Crippen MR) is 111 cm³/mol. The van der Waals surface area contributed by atoms with Crippen LogP contribution in [0.1, 0.15) is 25.3 Å². The van der Waals surface area contributed by atoms with E-state index in [2.05, 4.69) is 86.6 Å². The van der Waals surface area contributed by atoms with Gasteiger partial charge in [-0.05, 0) is 22.3 Å². The summed E-state index contributed by atoms with van der Waals surface area (Å²) in [5.74, 6) is 0.563. The Hall–Kier alpha value is -1.01. The van der Waals surface area contributed by atoms with Crippen molar-refractivity contribution in [2.75, 3.05) is 0 Å². The molecule has 0 bridgehead atoms. The standard InChI is InChI=1S/C22H19.2ClH.Zr/c1-15(2)18-13-17-9-6-12-21(22(17)14-18)20-11-5-8-16-7-3-4-10-19(16)20;;;/h3-15H,1-2H3;2*1H;/q-1;;;. The maximum Gasteiger partial charge on any atom is 0 e. The van der Waals surface area contributed by atoms with Crippen molar-refractivity contribution in [3.63, 3.8) is 0 Å². The molecule has 0 aliphatic rings. The first kappa shape index (κ1) is 22.0. The maximum absolute atomic E-state index is 2.36. The first-order chi connectivity index (χ1) is 10.7. The zero-order valence-electron chi connectivity index (χ0n) is 14.3. The fourth-order valence-electron chi connectivity index (χ4n) is 3.29. The van der Waals surface area contributed by atoms with E-state index in [9.17, 15) is 0 Å². The second kappa shape index (κ2) is 9.08. The van der Waals surface area contributed by atoms with Gasteiger partial charge in [-0.1, -0.05) is 67.9 Å². The molecular weight excluding hydrogens is 426 g/mol. The molecular formula is C22H21Cl2Zr-. The first-order valence-electron chi connectivity index (χ1n) is 7.91. The summed E-state index contributed by atoms with van der Waals surface area (Å²) in [6.45, 7) is 4.51. The van der Waals surface area contributed by atoms with Gasteiger partial charge in [0, 0.05) is 26.2 Å². The van der Waals surface area contributed by atoms with Crippen molar-refractivity contribution in [3.05, 3.63) is 78.4 Å². The Morgan fingerprint density at radius 3 is 2.04 bits per heavy atom. The van der Waals surface area contributed by atoms with E-state index in [0.717, 1.165) is 0 Å². The third-order valence-corrected chi connectivity index (χ3v) is 4.52. The van der Waals surface area contributed by atoms with Crippen LogP contribution in [-0.2, 0) is 26.2 Å². The van der Waals surface area contributed by atoms with Crippen LogP contribution in [0.15, 0.2) is 72.8 Å². The van der Waals surface area contributed by atoms with Crippen molar-refractivity contribution in [2.24, 2.45) is 0 Å². The SMILES string of the molecule is CC(C)c1cc2c(-c3cccc4ccccc34)cccc2[cH-]1.Cl.Cl.[Zr]. The Balaban J connectivity index is 0.00000104. The fourth-order valence-corrected chi connectivity index (χ4v) is 3.29. The van der Waals surface area contributed by atoms with Gasteiger partial charge in [0.1, 0.15) is 0 Å². The third kappa shape index (κ3) is 4.05. The van der Waals surface area contributed by atoms with Crippen LogP contribution in [0.3, 0.4) is 0 Å². The van der Waals surface area contributed by atoms with Gasteiger partial charge < -0.3 is 0 Å². The Bertz CT molecular complexity index is 965. The summed E-state index contributed by atoms with van der Waals surface area (Å²) in [5, 5.41) is 5.33. The molecule has 4 rings (SSSR count). The molecule has 0 fully saturated rings. The molecule has 0 heterocycles. The number of rotatable bonds is 2. The van der Waals surface area contributed by atoms with E-state index in [1.165, 1.54) is 38.2 Å². The molecule has 0 radical (unpaired) electrons. The van der Waals surface area contributed by atoms with Gasteiger partial charge in [-0.2, -0.15) is 6.07 Å². The Labute approximate surface area is 180 Å². The van der Waals surface area contributed by atoms with E-state index >= 15 is 0 Å². The average Bonchev–Trinajstić information content (AvgIpc) is 2.99. The molecule has 0 spiro atoms. The van der Waals surface area contributed by atoms with Crippen molar-refractivity contribution in [2.45, 2.75) is 19.8 Å². The van der Waals surface area contributed by atoms with Crippen molar-refractivity contribution in [1.82, 2.24) is 0 Å². The normalized spacial score (nSPS) is 10.2. The van der Waals surface area contributed by atoms with Gasteiger partial charge in [0.2, 0.25) is 0 Å². The molecule has 0 aromatic heterocycles. The molecule has 0 aliphatic carbocycles. The summed E-state index contributed by atoms with van der Waals surface area (Å²) in [7, 11) is 0. The van der Waals surface area contributed by atoms with E-state index < -0.39 is 0 Å². The molecule has 4 aromatic carbocycles. The molecule has 0 unspecified atom stereocenters. The van der Waals surface area contributed by atoms with Crippen molar-refractivity contribution >= 4 is 46.4 Å². The Morgan fingerprint density at radius 1 is 0.720 bits per heavy atom. The molecule has 0 saturated heterocycles. The Morgan fingerprint density at radius 2 is 1.32 bits per heavy atom. The van der Waals surface area contributed by atoms with E-state index in [1.54, 1.807) is 0 Å². The van der Waals surface area contributed by atoms with Gasteiger partial charge in [0.05, 0.1) is 0 Å². The number of benzene rings is 3. The van der Waals surface area contributed by atoms with Crippen LogP contribution in [0.4, 0.5) is 0 Å². The molecule has 0 N–H and O–H groups in total. The van der Waals surface area contributed by atoms with Crippen LogP contribution in [-0.4, -0.2) is 0 Å². The minimum absolute atomic E-state index is 0. The maximum atomic E-state index is 2.36. The minimum atomic E-state index is 0. The van der Waals surface area contributed by atoms with E-state index in [-0.39, 0.29) is 51.0 Å². The van der Waals surface area contributed by atoms with Gasteiger partial charge in [-0.25, -0.2) is 0 Å². The van der Waals surface area contributed by atoms with Gasteiger partial charge in [0.15, 0.2) is 0 Å². The number of halogens is 2. The van der Waals surface area contributed by atoms with Crippen LogP contribution < -0.4 is 0 Å². The van der Waals surface area contributed by atoms with E-state index in [0.29, 0.717) is 5.92 Å². The van der Waals surface area contributed by atoms with Crippen LogP contribution in [0.25, 0.3) is 32.7 Å². The second-order valence-corrected chi connectivity index (χ2v) is 6.28. The zero-order valence-corrected chi connectivity index (χ0v) is 18.4. The van der Waals surface area contributed by atoms with Crippen LogP contribution in [0.2, 0.25) is 0 Å². The number of hydrogen-bond acceptors (Lipinski definition) is 0. The summed E-state index contributed by atoms with van der Waals surface area (Å²) in [4.78, 5) is 0. The molecule has 0 atom stereocenters. The molecule has 0 amide bonds. The van der Waals surface area contributed by atoms with Gasteiger partial charge in [-0.15, -0.1) is 59.3 Å². The number of hydrogen-bond donors (Lipinski definition) is 0. The topological polar surface area (TPSA) is 0 Å². The van der Waals surface area contributed by atoms with E-state index in [1.807, 2.05) is 0 Å². The van der Waals surface area contributed by atoms with Gasteiger partial charge >= 0.3 is 0 Å².